The van der Waals surface area contributed by atoms with Gasteiger partial charge >= 0.3 is 5.69 Å². The number of aromatic nitrogens is 4. The van der Waals surface area contributed by atoms with Crippen molar-refractivity contribution < 1.29 is 0 Å². The van der Waals surface area contributed by atoms with Crippen LogP contribution in [0.25, 0.3) is 11.2 Å². The van der Waals surface area contributed by atoms with Gasteiger partial charge in [0.2, 0.25) is 5.95 Å². The second-order valence-electron chi connectivity index (χ2n) is 5.87. The van der Waals surface area contributed by atoms with Crippen LogP contribution < -0.4 is 16.3 Å². The average Bonchev–Trinajstić information content (AvgIpc) is 2.90. The van der Waals surface area contributed by atoms with Crippen molar-refractivity contribution in [1.29, 1.82) is 0 Å². The largest absolute Gasteiger partial charge is 0.332 e. The van der Waals surface area contributed by atoms with Crippen LogP contribution in [0.1, 0.15) is 33.6 Å². The van der Waals surface area contributed by atoms with Gasteiger partial charge in [-0.05, 0) is 20.3 Å². The van der Waals surface area contributed by atoms with Crippen molar-refractivity contribution >= 4 is 22.8 Å². The summed E-state index contributed by atoms with van der Waals surface area (Å²) in [4.78, 5) is 29.6. The number of aryl methyl sites for hydroxylation is 1. The van der Waals surface area contributed by atoms with Crippen LogP contribution in [0.3, 0.4) is 0 Å². The molecule has 0 unspecified atom stereocenters. The Balaban J connectivity index is 2.31. The van der Waals surface area contributed by atoms with Crippen molar-refractivity contribution in [1.82, 2.24) is 18.7 Å². The molecular weight excluding hydrogens is 296 g/mol. The lowest BCUT2D eigenvalue weighted by molar-refractivity contribution is 0.633. The summed E-state index contributed by atoms with van der Waals surface area (Å²) >= 11 is 0. The molecule has 0 spiro atoms. The first kappa shape index (κ1) is 15.5. The third-order valence-corrected chi connectivity index (χ3v) is 4.16. The van der Waals surface area contributed by atoms with Gasteiger partial charge in [-0.1, -0.05) is 13.3 Å². The van der Waals surface area contributed by atoms with E-state index in [-0.39, 0.29) is 11.2 Å². The van der Waals surface area contributed by atoms with Gasteiger partial charge < -0.3 is 0 Å². The molecule has 0 aliphatic carbocycles. The Morgan fingerprint density at radius 3 is 2.61 bits per heavy atom. The maximum Gasteiger partial charge on any atom is 0.332 e. The van der Waals surface area contributed by atoms with Crippen molar-refractivity contribution in [3.8, 4) is 0 Å². The van der Waals surface area contributed by atoms with Gasteiger partial charge in [0, 0.05) is 20.1 Å². The Labute approximate surface area is 133 Å². The fraction of sp³-hybridized carbons (Fsp3) is 0.600. The molecule has 124 valence electrons. The second kappa shape index (κ2) is 5.68. The number of hydrazone groups is 1. The van der Waals surface area contributed by atoms with Crippen LogP contribution in [0.15, 0.2) is 14.7 Å². The molecule has 2 aromatic heterocycles. The molecule has 0 saturated heterocycles. The zero-order chi connectivity index (χ0) is 16.7. The molecule has 3 heterocycles. The van der Waals surface area contributed by atoms with E-state index in [1.807, 2.05) is 16.5 Å². The van der Waals surface area contributed by atoms with Crippen molar-refractivity contribution in [3.05, 3.63) is 20.8 Å². The van der Waals surface area contributed by atoms with Gasteiger partial charge in [-0.2, -0.15) is 10.1 Å². The molecule has 0 radical (unpaired) electrons. The number of unbranched alkanes of at least 4 members (excludes halogenated alkanes) is 1. The number of imidazole rings is 1. The van der Waals surface area contributed by atoms with E-state index in [0.717, 1.165) is 25.1 Å². The number of hydrogen-bond acceptors (Lipinski definition) is 5. The number of anilines is 1. The predicted molar refractivity (Wildman–Crippen MR) is 90.3 cm³/mol. The predicted octanol–water partition coefficient (Wildman–Crippen LogP) is 0.913. The van der Waals surface area contributed by atoms with Crippen molar-refractivity contribution in [2.75, 3.05) is 11.6 Å². The maximum atomic E-state index is 12.7. The lowest BCUT2D eigenvalue weighted by atomic mass is 10.3. The van der Waals surface area contributed by atoms with Crippen LogP contribution in [-0.4, -0.2) is 30.9 Å². The molecule has 0 atom stereocenters. The SMILES string of the molecule is CCCCN1N=C(C)Cn2c1nc1c2c(=O)n(CC)c(=O)n1C. The molecule has 0 saturated carbocycles. The maximum absolute atomic E-state index is 12.7. The molecule has 0 N–H and O–H groups in total. The Morgan fingerprint density at radius 1 is 1.22 bits per heavy atom. The fourth-order valence-corrected chi connectivity index (χ4v) is 2.95. The Hall–Kier alpha value is -2.38. The van der Waals surface area contributed by atoms with E-state index in [0.29, 0.717) is 30.2 Å². The van der Waals surface area contributed by atoms with Gasteiger partial charge in [0.25, 0.3) is 5.56 Å². The van der Waals surface area contributed by atoms with E-state index < -0.39 is 0 Å². The van der Waals surface area contributed by atoms with Crippen LogP contribution in [0.4, 0.5) is 5.95 Å². The highest BCUT2D eigenvalue weighted by molar-refractivity contribution is 5.87. The summed E-state index contributed by atoms with van der Waals surface area (Å²) in [6.45, 7) is 7.46. The molecule has 23 heavy (non-hydrogen) atoms. The van der Waals surface area contributed by atoms with E-state index in [1.54, 1.807) is 14.0 Å². The first-order chi connectivity index (χ1) is 11.0. The van der Waals surface area contributed by atoms with Crippen LogP contribution in [0, 0.1) is 0 Å². The highest BCUT2D eigenvalue weighted by Crippen LogP contribution is 2.23. The molecule has 0 aromatic carbocycles. The standard InChI is InChI=1S/C15H22N6O2/c1-5-7-8-21-14-16-12-11(20(14)9-10(3)17-21)13(22)19(6-2)15(23)18(12)4/h5-9H2,1-4H3. The van der Waals surface area contributed by atoms with Crippen molar-refractivity contribution in [2.45, 2.75) is 46.7 Å². The second-order valence-corrected chi connectivity index (χ2v) is 5.87. The van der Waals surface area contributed by atoms with Gasteiger partial charge in [-0.25, -0.2) is 9.80 Å². The van der Waals surface area contributed by atoms with Gasteiger partial charge in [-0.15, -0.1) is 0 Å². The lowest BCUT2D eigenvalue weighted by Gasteiger charge is -2.24. The average molecular weight is 318 g/mol. The minimum atomic E-state index is -0.335. The van der Waals surface area contributed by atoms with Gasteiger partial charge in [0.05, 0.1) is 12.3 Å². The molecule has 3 rings (SSSR count). The van der Waals surface area contributed by atoms with Gasteiger partial charge in [0.15, 0.2) is 11.2 Å². The molecular formula is C15H22N6O2. The van der Waals surface area contributed by atoms with Crippen LogP contribution in [-0.2, 0) is 20.1 Å². The Kier molecular flexibility index (Phi) is 3.83. The third kappa shape index (κ3) is 2.29. The third-order valence-electron chi connectivity index (χ3n) is 4.16. The highest BCUT2D eigenvalue weighted by atomic mass is 16.2. The van der Waals surface area contributed by atoms with Crippen LogP contribution >= 0.6 is 0 Å². The van der Waals surface area contributed by atoms with Crippen molar-refractivity contribution in [3.63, 3.8) is 0 Å². The molecule has 0 bridgehead atoms. The van der Waals surface area contributed by atoms with E-state index >= 15 is 0 Å². The number of hydrogen-bond donors (Lipinski definition) is 0. The topological polar surface area (TPSA) is 77.4 Å². The normalized spacial score (nSPS) is 14.3. The van der Waals surface area contributed by atoms with Crippen LogP contribution in [0.2, 0.25) is 0 Å². The molecule has 8 nitrogen and oxygen atoms in total. The molecule has 1 aliphatic heterocycles. The first-order valence-electron chi connectivity index (χ1n) is 8.01. The smallest absolute Gasteiger partial charge is 0.297 e. The number of rotatable bonds is 4. The Bertz CT molecular complexity index is 901. The summed E-state index contributed by atoms with van der Waals surface area (Å²) in [6.07, 6.45) is 2.03. The molecule has 0 fully saturated rings. The monoisotopic (exact) mass is 318 g/mol. The van der Waals surface area contributed by atoms with Gasteiger partial charge in [0.1, 0.15) is 0 Å². The summed E-state index contributed by atoms with van der Waals surface area (Å²) in [5.74, 6) is 0.639. The van der Waals surface area contributed by atoms with Gasteiger partial charge in [-0.3, -0.25) is 18.5 Å². The quantitative estimate of drug-likeness (QED) is 0.839. The number of nitrogens with zero attached hydrogens (tertiary/aromatic N) is 6. The summed E-state index contributed by atoms with van der Waals surface area (Å²) < 4.78 is 4.56. The van der Waals surface area contributed by atoms with E-state index in [2.05, 4.69) is 17.0 Å². The summed E-state index contributed by atoms with van der Waals surface area (Å²) in [7, 11) is 1.65. The summed E-state index contributed by atoms with van der Waals surface area (Å²) in [5, 5.41) is 6.39. The molecule has 8 heteroatoms. The van der Waals surface area contributed by atoms with E-state index in [1.165, 1.54) is 9.13 Å². The zero-order valence-electron chi connectivity index (χ0n) is 14.0. The Morgan fingerprint density at radius 2 is 1.96 bits per heavy atom. The summed E-state index contributed by atoms with van der Waals surface area (Å²) in [6, 6.07) is 0. The lowest BCUT2D eigenvalue weighted by Crippen LogP contribution is -2.39. The molecule has 1 aliphatic rings. The number of fused-ring (bicyclic) bond motifs is 3. The molecule has 0 amide bonds. The minimum absolute atomic E-state index is 0.283. The fourth-order valence-electron chi connectivity index (χ4n) is 2.95. The highest BCUT2D eigenvalue weighted by Gasteiger charge is 2.25. The first-order valence-corrected chi connectivity index (χ1v) is 8.01. The summed E-state index contributed by atoms with van der Waals surface area (Å²) in [5.41, 5.74) is 1.20. The molecule has 2 aromatic rings. The van der Waals surface area contributed by atoms with E-state index in [9.17, 15) is 9.59 Å². The van der Waals surface area contributed by atoms with Crippen LogP contribution in [0.5, 0.6) is 0 Å². The minimum Gasteiger partial charge on any atom is -0.297 e. The van der Waals surface area contributed by atoms with E-state index in [4.69, 9.17) is 0 Å². The zero-order valence-corrected chi connectivity index (χ0v) is 14.0. The van der Waals surface area contributed by atoms with Crippen molar-refractivity contribution in [2.24, 2.45) is 12.1 Å².